The zero-order valence-corrected chi connectivity index (χ0v) is 10.8. The fourth-order valence-corrected chi connectivity index (χ4v) is 1.97. The van der Waals surface area contributed by atoms with Gasteiger partial charge < -0.3 is 15.3 Å². The van der Waals surface area contributed by atoms with Gasteiger partial charge in [-0.25, -0.2) is 0 Å². The smallest absolute Gasteiger partial charge is 0.224 e. The summed E-state index contributed by atoms with van der Waals surface area (Å²) >= 11 is 0. The van der Waals surface area contributed by atoms with Crippen molar-refractivity contribution in [3.8, 4) is 0 Å². The summed E-state index contributed by atoms with van der Waals surface area (Å²) in [5, 5.41) is 13.2. The van der Waals surface area contributed by atoms with Crippen molar-refractivity contribution in [2.75, 3.05) is 19.6 Å². The number of carbonyl (C=O) groups is 1. The second-order valence-corrected chi connectivity index (χ2v) is 5.17. The maximum absolute atomic E-state index is 11.8. The quantitative estimate of drug-likeness (QED) is 0.724. The van der Waals surface area contributed by atoms with Crippen LogP contribution in [0.1, 0.15) is 34.1 Å². The number of likely N-dealkylation sites (tertiary alicyclic amines) is 1. The molecule has 1 aliphatic rings. The molecule has 4 nitrogen and oxygen atoms in total. The van der Waals surface area contributed by atoms with Crippen LogP contribution >= 0.6 is 0 Å². The number of hydrogen-bond acceptors (Lipinski definition) is 3. The average molecular weight is 228 g/mol. The largest absolute Gasteiger partial charge is 0.386 e. The molecule has 1 unspecified atom stereocenters. The van der Waals surface area contributed by atoms with Gasteiger partial charge in [0.2, 0.25) is 5.91 Å². The molecule has 0 aliphatic carbocycles. The predicted molar refractivity (Wildman–Crippen MR) is 64.1 cm³/mol. The van der Waals surface area contributed by atoms with Gasteiger partial charge in [0.25, 0.3) is 0 Å². The lowest BCUT2D eigenvalue weighted by Crippen LogP contribution is -2.66. The number of nitrogens with one attached hydrogen (secondary N) is 1. The number of aliphatic hydroxyl groups is 1. The van der Waals surface area contributed by atoms with Crippen molar-refractivity contribution in [3.05, 3.63) is 0 Å². The van der Waals surface area contributed by atoms with Gasteiger partial charge in [0.1, 0.15) is 5.60 Å². The van der Waals surface area contributed by atoms with E-state index in [1.54, 1.807) is 4.90 Å². The van der Waals surface area contributed by atoms with Gasteiger partial charge >= 0.3 is 0 Å². The summed E-state index contributed by atoms with van der Waals surface area (Å²) < 4.78 is 0. The van der Waals surface area contributed by atoms with E-state index >= 15 is 0 Å². The van der Waals surface area contributed by atoms with Gasteiger partial charge in [0.05, 0.1) is 13.1 Å². The van der Waals surface area contributed by atoms with Gasteiger partial charge in [0.15, 0.2) is 0 Å². The maximum Gasteiger partial charge on any atom is 0.224 e. The Hall–Kier alpha value is -0.610. The van der Waals surface area contributed by atoms with Crippen molar-refractivity contribution in [2.24, 2.45) is 5.92 Å². The van der Waals surface area contributed by atoms with Gasteiger partial charge in [-0.15, -0.1) is 0 Å². The fourth-order valence-electron chi connectivity index (χ4n) is 1.97. The molecule has 1 fully saturated rings. The standard InChI is InChI=1S/C12H24N2O2/c1-5-13-10(4)6-11(15)14-7-12(16,8-14)9(2)3/h9-10,13,16H,5-8H2,1-4H3. The average Bonchev–Trinajstić information content (AvgIpc) is 2.12. The molecule has 0 spiro atoms. The Balaban J connectivity index is 2.32. The zero-order chi connectivity index (χ0) is 12.3. The van der Waals surface area contributed by atoms with E-state index in [4.69, 9.17) is 0 Å². The van der Waals surface area contributed by atoms with Gasteiger partial charge in [-0.1, -0.05) is 20.8 Å². The molecule has 94 valence electrons. The highest BCUT2D eigenvalue weighted by Crippen LogP contribution is 2.28. The monoisotopic (exact) mass is 228 g/mol. The van der Waals surface area contributed by atoms with Crippen molar-refractivity contribution >= 4 is 5.91 Å². The Morgan fingerprint density at radius 1 is 1.44 bits per heavy atom. The summed E-state index contributed by atoms with van der Waals surface area (Å²) in [5.74, 6) is 0.349. The molecule has 0 saturated carbocycles. The van der Waals surface area contributed by atoms with Crippen molar-refractivity contribution in [1.29, 1.82) is 0 Å². The molecular weight excluding hydrogens is 204 g/mol. The van der Waals surface area contributed by atoms with E-state index in [9.17, 15) is 9.90 Å². The summed E-state index contributed by atoms with van der Waals surface area (Å²) in [4.78, 5) is 13.5. The first-order chi connectivity index (χ1) is 7.39. The Bertz CT molecular complexity index is 247. The van der Waals surface area contributed by atoms with Crippen LogP contribution in [0.4, 0.5) is 0 Å². The van der Waals surface area contributed by atoms with Crippen LogP contribution in [-0.2, 0) is 4.79 Å². The summed E-state index contributed by atoms with van der Waals surface area (Å²) in [6.07, 6.45) is 0.516. The third-order valence-electron chi connectivity index (χ3n) is 3.39. The van der Waals surface area contributed by atoms with E-state index in [0.717, 1.165) is 6.54 Å². The summed E-state index contributed by atoms with van der Waals surface area (Å²) in [6, 6.07) is 0.213. The summed E-state index contributed by atoms with van der Waals surface area (Å²) in [5.41, 5.74) is -0.656. The molecule has 1 saturated heterocycles. The molecule has 0 aromatic rings. The molecule has 4 heteroatoms. The fraction of sp³-hybridized carbons (Fsp3) is 0.917. The lowest BCUT2D eigenvalue weighted by atomic mass is 9.83. The zero-order valence-electron chi connectivity index (χ0n) is 10.8. The van der Waals surface area contributed by atoms with Crippen molar-refractivity contribution in [3.63, 3.8) is 0 Å². The molecule has 0 bridgehead atoms. The minimum absolute atomic E-state index is 0.138. The molecule has 0 aromatic heterocycles. The van der Waals surface area contributed by atoms with Gasteiger partial charge in [0, 0.05) is 12.5 Å². The second kappa shape index (κ2) is 5.15. The first kappa shape index (κ1) is 13.5. The van der Waals surface area contributed by atoms with Gasteiger partial charge in [-0.05, 0) is 19.4 Å². The topological polar surface area (TPSA) is 52.6 Å². The third kappa shape index (κ3) is 2.95. The van der Waals surface area contributed by atoms with Crippen LogP contribution in [0, 0.1) is 5.92 Å². The highest BCUT2D eigenvalue weighted by molar-refractivity contribution is 5.78. The number of hydrogen-bond donors (Lipinski definition) is 2. The predicted octanol–water partition coefficient (Wildman–Crippen LogP) is 0.604. The van der Waals surface area contributed by atoms with Crippen LogP contribution in [0.5, 0.6) is 0 Å². The van der Waals surface area contributed by atoms with Crippen molar-refractivity contribution < 1.29 is 9.90 Å². The highest BCUT2D eigenvalue weighted by Gasteiger charge is 2.45. The maximum atomic E-state index is 11.8. The van der Waals surface area contributed by atoms with E-state index in [1.165, 1.54) is 0 Å². The molecule has 1 aliphatic heterocycles. The summed E-state index contributed by atoms with van der Waals surface area (Å²) in [7, 11) is 0. The molecule has 1 amide bonds. The molecular formula is C12H24N2O2. The molecule has 1 atom stereocenters. The SMILES string of the molecule is CCNC(C)CC(=O)N1CC(O)(C(C)C)C1. The Morgan fingerprint density at radius 3 is 2.44 bits per heavy atom. The normalized spacial score (nSPS) is 20.8. The van der Waals surface area contributed by atoms with E-state index in [-0.39, 0.29) is 17.9 Å². The van der Waals surface area contributed by atoms with Crippen LogP contribution in [0.25, 0.3) is 0 Å². The molecule has 0 radical (unpaired) electrons. The Labute approximate surface area is 98.0 Å². The molecule has 2 N–H and O–H groups in total. The van der Waals surface area contributed by atoms with Gasteiger partial charge in [-0.2, -0.15) is 0 Å². The Kier molecular flexibility index (Phi) is 4.33. The van der Waals surface area contributed by atoms with Crippen molar-refractivity contribution in [2.45, 2.75) is 45.8 Å². The number of nitrogens with zero attached hydrogens (tertiary/aromatic N) is 1. The molecule has 0 aromatic carbocycles. The van der Waals surface area contributed by atoms with Crippen LogP contribution in [0.15, 0.2) is 0 Å². The second-order valence-electron chi connectivity index (χ2n) is 5.17. The molecule has 1 heterocycles. The molecule has 1 rings (SSSR count). The van der Waals surface area contributed by atoms with E-state index in [1.807, 2.05) is 27.7 Å². The number of carbonyl (C=O) groups excluding carboxylic acids is 1. The minimum Gasteiger partial charge on any atom is -0.386 e. The highest BCUT2D eigenvalue weighted by atomic mass is 16.3. The van der Waals surface area contributed by atoms with Crippen LogP contribution in [-0.4, -0.2) is 47.2 Å². The first-order valence-corrected chi connectivity index (χ1v) is 6.12. The van der Waals surface area contributed by atoms with Gasteiger partial charge in [-0.3, -0.25) is 4.79 Å². The van der Waals surface area contributed by atoms with E-state index < -0.39 is 5.60 Å². The number of rotatable bonds is 5. The van der Waals surface area contributed by atoms with E-state index in [2.05, 4.69) is 5.32 Å². The third-order valence-corrected chi connectivity index (χ3v) is 3.39. The molecule has 16 heavy (non-hydrogen) atoms. The van der Waals surface area contributed by atoms with Crippen LogP contribution < -0.4 is 5.32 Å². The lowest BCUT2D eigenvalue weighted by molar-refractivity contribution is -0.164. The van der Waals surface area contributed by atoms with Crippen LogP contribution in [0.2, 0.25) is 0 Å². The number of β-amino-alcohol motifs (C(OH)–C–C–N with tert-alkyl or cyclic N) is 1. The number of amides is 1. The van der Waals surface area contributed by atoms with E-state index in [0.29, 0.717) is 19.5 Å². The minimum atomic E-state index is -0.656. The van der Waals surface area contributed by atoms with Crippen molar-refractivity contribution in [1.82, 2.24) is 10.2 Å². The summed E-state index contributed by atoms with van der Waals surface area (Å²) in [6.45, 7) is 9.87. The Morgan fingerprint density at radius 2 is 2.00 bits per heavy atom. The van der Waals surface area contributed by atoms with Crippen LogP contribution in [0.3, 0.4) is 0 Å². The first-order valence-electron chi connectivity index (χ1n) is 6.12. The lowest BCUT2D eigenvalue weighted by Gasteiger charge is -2.49.